The van der Waals surface area contributed by atoms with Gasteiger partial charge < -0.3 is 4.90 Å². The summed E-state index contributed by atoms with van der Waals surface area (Å²) in [5, 5.41) is 0. The van der Waals surface area contributed by atoms with Gasteiger partial charge in [0.1, 0.15) is 0 Å². The minimum atomic E-state index is -4.32. The molecule has 0 bridgehead atoms. The van der Waals surface area contributed by atoms with E-state index in [4.69, 9.17) is 0 Å². The normalized spacial score (nSPS) is 23.4. The predicted octanol–water partition coefficient (Wildman–Crippen LogP) is 1.79. The number of halogens is 1. The number of hydrogen-bond acceptors (Lipinski definition) is 4. The van der Waals surface area contributed by atoms with Gasteiger partial charge in [0.2, 0.25) is 0 Å². The maximum absolute atomic E-state index is 11.6. The number of aliphatic imine (C=N–C) groups is 1. The second-order valence-electron chi connectivity index (χ2n) is 6.62. The van der Waals surface area contributed by atoms with E-state index in [9.17, 15) is 13.0 Å². The monoisotopic (exact) mass is 373 g/mol. The summed E-state index contributed by atoms with van der Waals surface area (Å²) in [7, 11) is -2.33. The van der Waals surface area contributed by atoms with Gasteiger partial charge in [-0.2, -0.15) is 13.1 Å². The Hall–Kier alpha value is -0.990. The Bertz CT molecular complexity index is 738. The minimum absolute atomic E-state index is 0. The Morgan fingerprint density at radius 2 is 2.17 bits per heavy atom. The Balaban J connectivity index is 0.00000208. The van der Waals surface area contributed by atoms with Crippen LogP contribution in [0.5, 0.6) is 0 Å². The summed E-state index contributed by atoms with van der Waals surface area (Å²) in [5.41, 5.74) is 2.20. The lowest BCUT2D eigenvalue weighted by atomic mass is 9.82. The molecule has 0 aromatic heterocycles. The third-order valence-corrected chi connectivity index (χ3v) is 5.70. The Morgan fingerprint density at radius 3 is 2.79 bits per heavy atom. The molecule has 2 aliphatic rings. The number of benzene rings is 1. The lowest BCUT2D eigenvalue weighted by Gasteiger charge is -2.39. The van der Waals surface area contributed by atoms with E-state index in [2.05, 4.69) is 14.6 Å². The van der Waals surface area contributed by atoms with Crippen LogP contribution < -0.4 is 4.72 Å². The van der Waals surface area contributed by atoms with Gasteiger partial charge in [0.25, 0.3) is 0 Å². The van der Waals surface area contributed by atoms with Crippen molar-refractivity contribution in [1.82, 2.24) is 9.62 Å². The van der Waals surface area contributed by atoms with E-state index < -0.39 is 15.8 Å². The van der Waals surface area contributed by atoms with Gasteiger partial charge in [-0.1, -0.05) is 12.1 Å². The molecule has 8 heteroatoms. The Morgan fingerprint density at radius 1 is 1.42 bits per heavy atom. The molecule has 2 heterocycles. The molecule has 1 aromatic rings. The highest BCUT2D eigenvalue weighted by atomic mass is 35.5. The van der Waals surface area contributed by atoms with Gasteiger partial charge in [0.05, 0.1) is 5.54 Å². The maximum Gasteiger partial charge on any atom is 0.334 e. The number of likely N-dealkylation sites (N-methyl/N-ethyl adjacent to an activating group) is 1. The zero-order chi connectivity index (χ0) is 16.7. The van der Waals surface area contributed by atoms with Crippen molar-refractivity contribution in [2.75, 3.05) is 20.1 Å². The van der Waals surface area contributed by atoms with E-state index in [1.807, 2.05) is 38.4 Å². The van der Waals surface area contributed by atoms with Gasteiger partial charge in [0.15, 0.2) is 0 Å². The van der Waals surface area contributed by atoms with E-state index >= 15 is 0 Å². The van der Waals surface area contributed by atoms with Crippen LogP contribution in [-0.4, -0.2) is 50.3 Å². The summed E-state index contributed by atoms with van der Waals surface area (Å²) in [6.45, 7) is 3.55. The first kappa shape index (κ1) is 19.3. The van der Waals surface area contributed by atoms with Crippen molar-refractivity contribution in [2.45, 2.75) is 37.8 Å². The zero-order valence-electron chi connectivity index (χ0n) is 13.9. The fraction of sp³-hybridized carbons (Fsp3) is 0.562. The molecule has 2 N–H and O–H groups in total. The van der Waals surface area contributed by atoms with Gasteiger partial charge in [-0.3, -0.25) is 9.55 Å². The highest BCUT2D eigenvalue weighted by Gasteiger charge is 2.43. The second-order valence-corrected chi connectivity index (χ2v) is 7.77. The van der Waals surface area contributed by atoms with Crippen molar-refractivity contribution in [3.63, 3.8) is 0 Å². The average molecular weight is 374 g/mol. The molecule has 2 unspecified atom stereocenters. The molecule has 0 spiro atoms. The third-order valence-electron chi connectivity index (χ3n) is 5.01. The fourth-order valence-corrected chi connectivity index (χ4v) is 4.63. The number of nitrogens with zero attached hydrogens (tertiary/aromatic N) is 2. The molecule has 0 amide bonds. The quantitative estimate of drug-likeness (QED) is 0.788. The highest BCUT2D eigenvalue weighted by Crippen LogP contribution is 2.35. The van der Waals surface area contributed by atoms with Crippen LogP contribution in [0, 0.1) is 0 Å². The Kier molecular flexibility index (Phi) is 5.71. The number of rotatable bonds is 4. The third kappa shape index (κ3) is 3.81. The van der Waals surface area contributed by atoms with Gasteiger partial charge >= 0.3 is 10.3 Å². The fourth-order valence-electron chi connectivity index (χ4n) is 3.84. The number of hydrogen-bond donors (Lipinski definition) is 2. The molecule has 1 aromatic carbocycles. The van der Waals surface area contributed by atoms with Crippen molar-refractivity contribution < 1.29 is 13.0 Å². The standard InChI is InChI=1S/C16H23N3O3S.ClH/c1-16(18-23(20,21)22,15-4-3-9-19(15)2)14-6-5-12-7-8-17-11-13(12)10-14;/h5-6,10-11,15,18H,3-4,7-9H2,1-2H3,(H,20,21,22);1H. The predicted molar refractivity (Wildman–Crippen MR) is 97.5 cm³/mol. The van der Waals surface area contributed by atoms with Crippen molar-refractivity contribution in [3.8, 4) is 0 Å². The highest BCUT2D eigenvalue weighted by molar-refractivity contribution is 7.83. The van der Waals surface area contributed by atoms with E-state index in [0.29, 0.717) is 0 Å². The summed E-state index contributed by atoms with van der Waals surface area (Å²) in [4.78, 5) is 6.45. The maximum atomic E-state index is 11.6. The summed E-state index contributed by atoms with van der Waals surface area (Å²) in [6.07, 6.45) is 4.63. The molecule has 0 aliphatic carbocycles. The molecule has 24 heavy (non-hydrogen) atoms. The SMILES string of the molecule is CN1CCCC1C(C)(NS(=O)(=O)O)c1ccc2c(c1)C=NCC2.Cl. The summed E-state index contributed by atoms with van der Waals surface area (Å²) >= 11 is 0. The van der Waals surface area contributed by atoms with Crippen LogP contribution in [0.2, 0.25) is 0 Å². The molecule has 134 valence electrons. The van der Waals surface area contributed by atoms with Crippen LogP contribution >= 0.6 is 12.4 Å². The van der Waals surface area contributed by atoms with E-state index in [1.54, 1.807) is 0 Å². The molecule has 3 rings (SSSR count). The molecule has 1 saturated heterocycles. The molecule has 0 radical (unpaired) electrons. The van der Waals surface area contributed by atoms with Gasteiger partial charge in [0, 0.05) is 18.8 Å². The molecule has 2 aliphatic heterocycles. The molecule has 6 nitrogen and oxygen atoms in total. The lowest BCUT2D eigenvalue weighted by molar-refractivity contribution is 0.187. The number of likely N-dealkylation sites (tertiary alicyclic amines) is 1. The van der Waals surface area contributed by atoms with Crippen molar-refractivity contribution in [1.29, 1.82) is 0 Å². The first-order valence-corrected chi connectivity index (χ1v) is 9.33. The van der Waals surface area contributed by atoms with Crippen molar-refractivity contribution in [2.24, 2.45) is 4.99 Å². The average Bonchev–Trinajstić information content (AvgIpc) is 2.92. The first-order valence-electron chi connectivity index (χ1n) is 7.89. The molecule has 1 fully saturated rings. The topological polar surface area (TPSA) is 82.0 Å². The number of fused-ring (bicyclic) bond motifs is 1. The van der Waals surface area contributed by atoms with Crippen molar-refractivity contribution >= 4 is 28.9 Å². The van der Waals surface area contributed by atoms with E-state index in [0.717, 1.165) is 43.5 Å². The zero-order valence-corrected chi connectivity index (χ0v) is 15.5. The largest absolute Gasteiger partial charge is 0.334 e. The van der Waals surface area contributed by atoms with Crippen LogP contribution in [-0.2, 0) is 22.3 Å². The minimum Gasteiger partial charge on any atom is -0.301 e. The summed E-state index contributed by atoms with van der Waals surface area (Å²) in [6, 6.07) is 5.97. The van der Waals surface area contributed by atoms with Gasteiger partial charge in [-0.05, 0) is 62.5 Å². The molecule has 2 atom stereocenters. The van der Waals surface area contributed by atoms with Crippen molar-refractivity contribution in [3.05, 3.63) is 34.9 Å². The lowest BCUT2D eigenvalue weighted by Crippen LogP contribution is -2.55. The first-order chi connectivity index (χ1) is 10.8. The molecule has 0 saturated carbocycles. The summed E-state index contributed by atoms with van der Waals surface area (Å²) in [5.74, 6) is 0. The number of nitrogens with one attached hydrogen (secondary N) is 1. The van der Waals surface area contributed by atoms with E-state index in [1.165, 1.54) is 5.56 Å². The molecular weight excluding hydrogens is 350 g/mol. The van der Waals surface area contributed by atoms with Gasteiger partial charge in [-0.25, -0.2) is 0 Å². The smallest absolute Gasteiger partial charge is 0.301 e. The second kappa shape index (κ2) is 7.09. The van der Waals surface area contributed by atoms with Crippen LogP contribution in [0.3, 0.4) is 0 Å². The van der Waals surface area contributed by atoms with Crippen LogP contribution in [0.15, 0.2) is 23.2 Å². The van der Waals surface area contributed by atoms with Crippen LogP contribution in [0.25, 0.3) is 0 Å². The van der Waals surface area contributed by atoms with Crippen LogP contribution in [0.1, 0.15) is 36.5 Å². The Labute approximate surface area is 149 Å². The summed E-state index contributed by atoms with van der Waals surface area (Å²) < 4.78 is 35.0. The van der Waals surface area contributed by atoms with Crippen LogP contribution in [0.4, 0.5) is 0 Å². The van der Waals surface area contributed by atoms with Gasteiger partial charge in [-0.15, -0.1) is 12.4 Å². The molecular formula is C16H24ClN3O3S. The van der Waals surface area contributed by atoms with E-state index in [-0.39, 0.29) is 18.4 Å².